The maximum absolute atomic E-state index is 13.0. The summed E-state index contributed by atoms with van der Waals surface area (Å²) in [5.74, 6) is -1.61. The average Bonchev–Trinajstić information content (AvgIpc) is 0.905. The highest BCUT2D eigenvalue weighted by atomic mass is 31.2. The van der Waals surface area contributed by atoms with E-state index in [4.69, 9.17) is 32.3 Å². The lowest BCUT2D eigenvalue weighted by molar-refractivity contribution is -0.161. The van der Waals surface area contributed by atoms with E-state index in [1.807, 2.05) is 0 Å². The number of allylic oxidation sites excluding steroid dienone is 28. The van der Waals surface area contributed by atoms with Crippen molar-refractivity contribution in [3.05, 3.63) is 170 Å². The van der Waals surface area contributed by atoms with Crippen molar-refractivity contribution in [2.75, 3.05) is 39.6 Å². The second kappa shape index (κ2) is 82.4. The number of phosphoric acid groups is 2. The first-order valence-electron chi connectivity index (χ1n) is 42.4. The van der Waals surface area contributed by atoms with Crippen molar-refractivity contribution in [2.24, 2.45) is 0 Å². The van der Waals surface area contributed by atoms with Crippen LogP contribution in [0.2, 0.25) is 0 Å². The van der Waals surface area contributed by atoms with Gasteiger partial charge in [-0.25, -0.2) is 9.13 Å². The molecule has 0 aromatic carbocycles. The van der Waals surface area contributed by atoms with Crippen LogP contribution >= 0.6 is 15.6 Å². The molecular formula is C91H152O16P2. The molecule has 0 aliphatic rings. The van der Waals surface area contributed by atoms with Crippen LogP contribution in [0.15, 0.2) is 170 Å². The minimum atomic E-state index is -4.95. The van der Waals surface area contributed by atoms with E-state index in [0.29, 0.717) is 19.3 Å². The van der Waals surface area contributed by atoms with Crippen LogP contribution in [-0.4, -0.2) is 95.9 Å². The van der Waals surface area contributed by atoms with Crippen molar-refractivity contribution < 1.29 is 75.8 Å². The fourth-order valence-corrected chi connectivity index (χ4v) is 12.6. The maximum atomic E-state index is 13.0. The lowest BCUT2D eigenvalue weighted by Gasteiger charge is -2.21. The van der Waals surface area contributed by atoms with E-state index in [9.17, 15) is 43.5 Å². The van der Waals surface area contributed by atoms with Crippen LogP contribution in [0.3, 0.4) is 0 Å². The molecule has 5 unspecified atom stereocenters. The molecule has 0 spiro atoms. The third-order valence-corrected chi connectivity index (χ3v) is 19.3. The molecule has 4 N–H and O–H groups in total. The standard InChI is InChI=1S/C91H152O16P2/c1-4-7-10-13-16-19-22-25-28-31-34-37-39-40-41-42-43-44-46-49-50-53-56-59-62-65-68-71-74-77-89(94)101-80-86(92)81-103-108(97,98)104-82-87(93)83-105-109(99,100)106-85-88(107-91(96)79-76-73-70-67-64-61-58-55-52-47-36-33-30-27-24-21-18-15-12-9-6-3)84-102-90(95)78-75-72-69-66-63-60-57-54-51-48-45-38-35-32-29-26-23-20-17-14-11-8-5-2/h7-8,10-11,16-21,25-30,34-38,40-41,47-48,51,55,58,86-88,92-93H,4-6,9,12-15,22-24,31-33,39,42-46,49-50,52-54,56-57,59-85H2,1-3H3,(H,97,98)(H,99,100)/b10-7-,11-8-,19-16-,20-17-,21-18-,28-25-,29-26-,30-27-,37-34-,38-35-,41-40-,47-36-,51-48-,58-55-. The molecule has 0 aromatic heterocycles. The fraction of sp³-hybridized carbons (Fsp3) is 0.659. The summed E-state index contributed by atoms with van der Waals surface area (Å²) in [6.07, 6.45) is 105. The first kappa shape index (κ1) is 104. The Labute approximate surface area is 662 Å². The van der Waals surface area contributed by atoms with Crippen molar-refractivity contribution in [1.82, 2.24) is 0 Å². The van der Waals surface area contributed by atoms with E-state index in [-0.39, 0.29) is 19.3 Å². The molecule has 0 saturated carbocycles. The molecule has 109 heavy (non-hydrogen) atoms. The number of carbonyl (C=O) groups excluding carboxylic acids is 3. The van der Waals surface area contributed by atoms with Crippen molar-refractivity contribution in [2.45, 2.75) is 347 Å². The molecule has 0 saturated heterocycles. The Bertz CT molecular complexity index is 2660. The van der Waals surface area contributed by atoms with Gasteiger partial charge in [0.1, 0.15) is 25.4 Å². The summed E-state index contributed by atoms with van der Waals surface area (Å²) >= 11 is 0. The summed E-state index contributed by atoms with van der Waals surface area (Å²) in [7, 11) is -9.82. The zero-order chi connectivity index (χ0) is 79.4. The quantitative estimate of drug-likeness (QED) is 0.0146. The van der Waals surface area contributed by atoms with Gasteiger partial charge < -0.3 is 34.2 Å². The van der Waals surface area contributed by atoms with Gasteiger partial charge in [-0.15, -0.1) is 0 Å². The minimum absolute atomic E-state index is 0.0755. The number of phosphoric ester groups is 2. The number of hydrogen-bond donors (Lipinski definition) is 4. The number of aliphatic hydroxyl groups excluding tert-OH is 2. The first-order valence-corrected chi connectivity index (χ1v) is 45.4. The van der Waals surface area contributed by atoms with Crippen molar-refractivity contribution in [3.63, 3.8) is 0 Å². The topological polar surface area (TPSA) is 231 Å². The summed E-state index contributed by atoms with van der Waals surface area (Å²) < 4.78 is 61.3. The van der Waals surface area contributed by atoms with Crippen LogP contribution in [0.4, 0.5) is 0 Å². The first-order chi connectivity index (χ1) is 53.2. The second-order valence-corrected chi connectivity index (χ2v) is 30.8. The van der Waals surface area contributed by atoms with Gasteiger partial charge >= 0.3 is 33.6 Å². The van der Waals surface area contributed by atoms with Gasteiger partial charge in [0.05, 0.1) is 26.4 Å². The number of rotatable bonds is 79. The van der Waals surface area contributed by atoms with Gasteiger partial charge in [-0.05, 0) is 154 Å². The Morgan fingerprint density at radius 3 is 0.771 bits per heavy atom. The Morgan fingerprint density at radius 1 is 0.266 bits per heavy atom. The highest BCUT2D eigenvalue weighted by Crippen LogP contribution is 2.45. The van der Waals surface area contributed by atoms with Gasteiger partial charge in [0.15, 0.2) is 6.10 Å². The highest BCUT2D eigenvalue weighted by molar-refractivity contribution is 7.47. The molecule has 0 aliphatic heterocycles. The molecule has 18 heteroatoms. The Morgan fingerprint density at radius 2 is 0.486 bits per heavy atom. The van der Waals surface area contributed by atoms with Crippen molar-refractivity contribution in [1.29, 1.82) is 0 Å². The molecule has 0 rings (SSSR count). The Kier molecular flexibility index (Phi) is 78.5. The van der Waals surface area contributed by atoms with Gasteiger partial charge in [-0.3, -0.25) is 32.5 Å². The summed E-state index contributed by atoms with van der Waals surface area (Å²) in [5, 5.41) is 20.7. The average molecular weight is 1560 g/mol. The number of carbonyl (C=O) groups is 3. The molecule has 0 heterocycles. The Balaban J connectivity index is 4.65. The summed E-state index contributed by atoms with van der Waals surface area (Å²) in [4.78, 5) is 58.9. The van der Waals surface area contributed by atoms with Crippen LogP contribution in [0.25, 0.3) is 0 Å². The molecule has 5 atom stereocenters. The summed E-state index contributed by atoms with van der Waals surface area (Å²) in [5.41, 5.74) is 0. The monoisotopic (exact) mass is 1560 g/mol. The lowest BCUT2D eigenvalue weighted by Crippen LogP contribution is -2.30. The predicted molar refractivity (Wildman–Crippen MR) is 454 cm³/mol. The van der Waals surface area contributed by atoms with Crippen LogP contribution in [0.1, 0.15) is 329 Å². The van der Waals surface area contributed by atoms with Crippen LogP contribution < -0.4 is 0 Å². The van der Waals surface area contributed by atoms with E-state index in [1.54, 1.807) is 0 Å². The molecule has 0 bridgehead atoms. The third kappa shape index (κ3) is 83.7. The van der Waals surface area contributed by atoms with E-state index in [2.05, 4.69) is 191 Å². The van der Waals surface area contributed by atoms with Gasteiger partial charge in [-0.2, -0.15) is 0 Å². The number of unbranched alkanes of at least 4 members (excludes halogenated alkanes) is 28. The fourth-order valence-electron chi connectivity index (χ4n) is 11.0. The summed E-state index contributed by atoms with van der Waals surface area (Å²) in [6.45, 7) is 2.40. The van der Waals surface area contributed by atoms with Gasteiger partial charge in [0, 0.05) is 19.3 Å². The number of ether oxygens (including phenoxy) is 3. The number of hydrogen-bond acceptors (Lipinski definition) is 14. The van der Waals surface area contributed by atoms with Crippen LogP contribution in [-0.2, 0) is 55.8 Å². The zero-order valence-corrected chi connectivity index (χ0v) is 70.0. The molecule has 622 valence electrons. The predicted octanol–water partition coefficient (Wildman–Crippen LogP) is 25.5. The van der Waals surface area contributed by atoms with E-state index >= 15 is 0 Å². The Hall–Kier alpha value is -5.09. The van der Waals surface area contributed by atoms with Gasteiger partial charge in [0.25, 0.3) is 0 Å². The number of esters is 3. The second-order valence-electron chi connectivity index (χ2n) is 27.9. The maximum Gasteiger partial charge on any atom is 0.472 e. The van der Waals surface area contributed by atoms with E-state index < -0.39 is 91.5 Å². The molecule has 0 amide bonds. The van der Waals surface area contributed by atoms with Crippen LogP contribution in [0, 0.1) is 0 Å². The molecule has 16 nitrogen and oxygen atoms in total. The smallest absolute Gasteiger partial charge is 0.463 e. The molecule has 0 radical (unpaired) electrons. The SMILES string of the molecule is CC/C=C\C/C=C\C/C=C\C/C=C\C/C=C\CCCCCCCCCCCCCCCC(=O)OCC(O)COP(=O)(O)OCC(O)COP(=O)(O)OCC(COC(=O)CCCCCCCCC/C=C\C/C=C\C/C=C\C/C=C\C/C=C\CC)OC(=O)CCCCCCC/C=C\C/C=C\C/C=C\C/C=C\CCCCC. The van der Waals surface area contributed by atoms with Crippen molar-refractivity contribution in [3.8, 4) is 0 Å². The highest BCUT2D eigenvalue weighted by Gasteiger charge is 2.29. The van der Waals surface area contributed by atoms with E-state index in [0.717, 1.165) is 193 Å². The summed E-state index contributed by atoms with van der Waals surface area (Å²) in [6, 6.07) is 0. The molecule has 0 fully saturated rings. The van der Waals surface area contributed by atoms with Gasteiger partial charge in [0.2, 0.25) is 0 Å². The van der Waals surface area contributed by atoms with Crippen molar-refractivity contribution >= 4 is 33.6 Å². The molecule has 0 aromatic rings. The normalized spacial score (nSPS) is 14.7. The van der Waals surface area contributed by atoms with Gasteiger partial charge in [-0.1, -0.05) is 326 Å². The largest absolute Gasteiger partial charge is 0.472 e. The zero-order valence-electron chi connectivity index (χ0n) is 68.2. The number of aliphatic hydroxyl groups is 2. The minimum Gasteiger partial charge on any atom is -0.463 e. The lowest BCUT2D eigenvalue weighted by atomic mass is 10.0. The third-order valence-electron chi connectivity index (χ3n) is 17.4. The molecule has 0 aliphatic carbocycles. The van der Waals surface area contributed by atoms with E-state index in [1.165, 1.54) is 77.0 Å². The van der Waals surface area contributed by atoms with Crippen LogP contribution in [0.5, 0.6) is 0 Å². The molecular weight excluding hydrogens is 1410 g/mol.